The molecular weight excluding hydrogens is 423 g/mol. The number of hydrogen-bond donors (Lipinski definition) is 0. The summed E-state index contributed by atoms with van der Waals surface area (Å²) >= 11 is 2.34. The fourth-order valence-corrected chi connectivity index (χ4v) is 10.7. The van der Waals surface area contributed by atoms with Crippen molar-refractivity contribution in [2.75, 3.05) is 0 Å². The van der Waals surface area contributed by atoms with E-state index < -0.39 is 8.07 Å². The summed E-state index contributed by atoms with van der Waals surface area (Å²) in [6.07, 6.45) is 8.48. The summed E-state index contributed by atoms with van der Waals surface area (Å²) in [7, 11) is -1.60. The fraction of sp³-hybridized carbons (Fsp3) is 0.500. The minimum absolute atomic E-state index is 0. The van der Waals surface area contributed by atoms with Gasteiger partial charge >= 0.3 is 149 Å². The Morgan fingerprint density at radius 2 is 1.44 bits per heavy atom. The molecule has 0 spiro atoms. The van der Waals surface area contributed by atoms with Crippen LogP contribution in [0.5, 0.6) is 0 Å². The first-order valence-corrected chi connectivity index (χ1v) is 12.1. The standard InChI is InChI=1S/C20H27Si.3ClH.Ti/c1-16-14-15-20(17(16)2)21(3,18-10-6-4-7-11-18)19-12-8-5-9-13-19;;;;/h4,6-7,10-11,19H,5,8-9,12-13,15H2,1-3H3;3*1H;/q;;;;+3/p-3. The molecule has 1 unspecified atom stereocenters. The molecule has 0 radical (unpaired) electrons. The largest absolute Gasteiger partial charge is 1.00 e. The number of hydrogen-bond acceptors (Lipinski definition) is 0. The molecule has 0 aromatic heterocycles. The fourth-order valence-electron chi connectivity index (χ4n) is 4.59. The van der Waals surface area contributed by atoms with Crippen LogP contribution in [0.25, 0.3) is 0 Å². The third-order valence-electron chi connectivity index (χ3n) is 6.24. The molecule has 1 aromatic rings. The Balaban J connectivity index is 0.00000192. The summed E-state index contributed by atoms with van der Waals surface area (Å²) < 4.78 is 1.61. The molecule has 2 aliphatic rings. The first-order chi connectivity index (χ1) is 10.5. The van der Waals surface area contributed by atoms with Crippen molar-refractivity contribution in [1.29, 1.82) is 0 Å². The second-order valence-electron chi connectivity index (χ2n) is 7.29. The maximum absolute atomic E-state index is 2.67. The number of allylic oxidation sites excluding steroid dienone is 4. The van der Waals surface area contributed by atoms with E-state index in [4.69, 9.17) is 0 Å². The van der Waals surface area contributed by atoms with E-state index in [9.17, 15) is 0 Å². The SMILES string of the molecule is CC1=[C]([Ti+3])CC([Si](C)(c2ccccc2)C2CCCCC2)=C1C.[Cl-].[Cl-].[Cl-]. The molecule has 0 aliphatic heterocycles. The third kappa shape index (κ3) is 4.86. The van der Waals surface area contributed by atoms with Crippen LogP contribution in [-0.2, 0) is 20.4 Å². The van der Waals surface area contributed by atoms with Gasteiger partial charge in [-0.1, -0.05) is 0 Å². The Morgan fingerprint density at radius 3 is 1.92 bits per heavy atom. The molecule has 0 amide bonds. The second kappa shape index (κ2) is 10.7. The smallest absolute Gasteiger partial charge is 1.00 e. The normalized spacial score (nSPS) is 20.4. The number of benzene rings is 1. The van der Waals surface area contributed by atoms with Crippen LogP contribution in [0.1, 0.15) is 52.4 Å². The van der Waals surface area contributed by atoms with Crippen molar-refractivity contribution in [2.45, 2.75) is 64.5 Å². The maximum atomic E-state index is 2.67. The van der Waals surface area contributed by atoms with Crippen molar-refractivity contribution in [3.05, 3.63) is 50.6 Å². The molecule has 0 N–H and O–H groups in total. The molecule has 25 heavy (non-hydrogen) atoms. The Morgan fingerprint density at radius 1 is 0.880 bits per heavy atom. The quantitative estimate of drug-likeness (QED) is 0.419. The van der Waals surface area contributed by atoms with Crippen LogP contribution in [0.3, 0.4) is 0 Å². The van der Waals surface area contributed by atoms with Crippen molar-refractivity contribution >= 4 is 13.3 Å². The van der Waals surface area contributed by atoms with Crippen LogP contribution in [0.15, 0.2) is 50.6 Å². The van der Waals surface area contributed by atoms with E-state index >= 15 is 0 Å². The molecule has 0 saturated heterocycles. The van der Waals surface area contributed by atoms with Crippen LogP contribution in [-0.4, -0.2) is 8.07 Å². The Bertz CT molecular complexity index is 621. The van der Waals surface area contributed by atoms with Gasteiger partial charge in [-0.05, 0) is 0 Å². The molecule has 2 aliphatic carbocycles. The molecule has 0 bridgehead atoms. The van der Waals surface area contributed by atoms with Crippen LogP contribution >= 0.6 is 0 Å². The maximum Gasteiger partial charge on any atom is -1.00 e. The third-order valence-corrected chi connectivity index (χ3v) is 12.7. The number of rotatable bonds is 3. The minimum Gasteiger partial charge on any atom is -1.00 e. The molecule has 1 fully saturated rings. The van der Waals surface area contributed by atoms with Crippen molar-refractivity contribution in [1.82, 2.24) is 0 Å². The van der Waals surface area contributed by atoms with Gasteiger partial charge in [0.25, 0.3) is 0 Å². The van der Waals surface area contributed by atoms with Crippen LogP contribution < -0.4 is 42.4 Å². The van der Waals surface area contributed by atoms with Crippen LogP contribution in [0.2, 0.25) is 12.1 Å². The van der Waals surface area contributed by atoms with Gasteiger partial charge in [0.2, 0.25) is 0 Å². The van der Waals surface area contributed by atoms with Crippen molar-refractivity contribution in [3.8, 4) is 0 Å². The zero-order valence-corrected chi connectivity index (χ0v) is 20.2. The second-order valence-corrected chi connectivity index (χ2v) is 12.6. The van der Waals surface area contributed by atoms with Crippen molar-refractivity contribution in [3.63, 3.8) is 0 Å². The Hall–Kier alpha value is 0.501. The van der Waals surface area contributed by atoms with Gasteiger partial charge < -0.3 is 37.2 Å². The van der Waals surface area contributed by atoms with Gasteiger partial charge in [-0.15, -0.1) is 0 Å². The van der Waals surface area contributed by atoms with Gasteiger partial charge in [0.1, 0.15) is 0 Å². The molecule has 3 rings (SSSR count). The molecule has 1 atom stereocenters. The van der Waals surface area contributed by atoms with Gasteiger partial charge in [0.15, 0.2) is 0 Å². The summed E-state index contributed by atoms with van der Waals surface area (Å²) in [6, 6.07) is 11.5. The van der Waals surface area contributed by atoms with Crippen LogP contribution in [0, 0.1) is 0 Å². The first kappa shape index (κ1) is 25.5. The zero-order valence-electron chi connectivity index (χ0n) is 15.3. The summed E-state index contributed by atoms with van der Waals surface area (Å²) in [6.45, 7) is 7.39. The van der Waals surface area contributed by atoms with E-state index in [0.29, 0.717) is 0 Å². The van der Waals surface area contributed by atoms with Gasteiger partial charge in [-0.25, -0.2) is 0 Å². The summed E-state index contributed by atoms with van der Waals surface area (Å²) in [5, 5.41) is 3.50. The van der Waals surface area contributed by atoms with E-state index in [1.54, 1.807) is 20.2 Å². The zero-order chi connectivity index (χ0) is 15.7. The van der Waals surface area contributed by atoms with Gasteiger partial charge in [-0.2, -0.15) is 0 Å². The molecular formula is C20H27Cl3SiTi. The average Bonchev–Trinajstić information content (AvgIpc) is 2.83. The minimum atomic E-state index is -1.60. The van der Waals surface area contributed by atoms with E-state index in [1.807, 2.05) is 5.20 Å². The Kier molecular flexibility index (Phi) is 11.0. The van der Waals surface area contributed by atoms with E-state index in [-0.39, 0.29) is 37.2 Å². The van der Waals surface area contributed by atoms with Gasteiger partial charge in [0, 0.05) is 0 Å². The molecule has 136 valence electrons. The predicted molar refractivity (Wildman–Crippen MR) is 94.5 cm³/mol. The summed E-state index contributed by atoms with van der Waals surface area (Å²) in [4.78, 5) is 0. The van der Waals surface area contributed by atoms with Gasteiger partial charge in [0.05, 0.1) is 0 Å². The van der Waals surface area contributed by atoms with E-state index in [1.165, 1.54) is 38.5 Å². The van der Waals surface area contributed by atoms with Crippen molar-refractivity contribution in [2.24, 2.45) is 0 Å². The van der Waals surface area contributed by atoms with E-state index in [2.05, 4.69) is 71.2 Å². The molecule has 0 nitrogen and oxygen atoms in total. The molecule has 5 heteroatoms. The predicted octanol–water partition coefficient (Wildman–Crippen LogP) is -3.60. The van der Waals surface area contributed by atoms with Crippen molar-refractivity contribution < 1.29 is 57.7 Å². The average molecular weight is 450 g/mol. The topological polar surface area (TPSA) is 0 Å². The number of halogens is 3. The monoisotopic (exact) mass is 448 g/mol. The van der Waals surface area contributed by atoms with Gasteiger partial charge in [-0.3, -0.25) is 0 Å². The van der Waals surface area contributed by atoms with Crippen LogP contribution in [0.4, 0.5) is 0 Å². The van der Waals surface area contributed by atoms with E-state index in [0.717, 1.165) is 5.54 Å². The first-order valence-electron chi connectivity index (χ1n) is 8.72. The molecule has 1 aromatic carbocycles. The Labute approximate surface area is 185 Å². The summed E-state index contributed by atoms with van der Waals surface area (Å²) in [5.41, 5.74) is 4.13. The summed E-state index contributed by atoms with van der Waals surface area (Å²) in [5.74, 6) is 0. The molecule has 1 saturated carbocycles. The molecule has 0 heterocycles.